The molecule has 3 rings (SSSR count). The molecule has 2 heterocycles. The number of rotatable bonds is 7. The largest absolute Gasteiger partial charge is 0.465 e. The van der Waals surface area contributed by atoms with E-state index in [9.17, 15) is 9.59 Å². The van der Waals surface area contributed by atoms with Crippen molar-refractivity contribution in [3.63, 3.8) is 0 Å². The third-order valence-corrected chi connectivity index (χ3v) is 4.94. The number of amides is 1. The molecule has 2 aliphatic rings. The van der Waals surface area contributed by atoms with Gasteiger partial charge in [0.1, 0.15) is 6.10 Å². The Kier molecular flexibility index (Phi) is 6.65. The molecule has 8 heteroatoms. The number of nitrogens with zero attached hydrogens (tertiary/aromatic N) is 3. The lowest BCUT2D eigenvalue weighted by molar-refractivity contribution is -0.144. The van der Waals surface area contributed by atoms with Gasteiger partial charge in [-0.2, -0.15) is 0 Å². The van der Waals surface area contributed by atoms with Crippen LogP contribution in [0.15, 0.2) is 24.3 Å². The molecular formula is C19H28N4O4. The van der Waals surface area contributed by atoms with Crippen LogP contribution in [-0.4, -0.2) is 80.4 Å². The summed E-state index contributed by atoms with van der Waals surface area (Å²) in [6, 6.07) is 7.66. The maximum Gasteiger partial charge on any atom is 0.414 e. The number of piperazine rings is 1. The Bertz CT molecular complexity index is 644. The van der Waals surface area contributed by atoms with E-state index in [1.165, 1.54) is 0 Å². The topological polar surface area (TPSA) is 88.3 Å². The van der Waals surface area contributed by atoms with Crippen LogP contribution in [0.3, 0.4) is 0 Å². The smallest absolute Gasteiger partial charge is 0.414 e. The van der Waals surface area contributed by atoms with Crippen LogP contribution in [0.25, 0.3) is 0 Å². The first-order chi connectivity index (χ1) is 13.1. The molecule has 1 unspecified atom stereocenters. The Morgan fingerprint density at radius 3 is 2.48 bits per heavy atom. The quantitative estimate of drug-likeness (QED) is 0.699. The van der Waals surface area contributed by atoms with Gasteiger partial charge in [-0.3, -0.25) is 19.5 Å². The predicted molar refractivity (Wildman–Crippen MR) is 101 cm³/mol. The SMILES string of the molecule is CCOC(=O)CN1CCN(CC2CN(c3ccc(CN)cc3)C(=O)O2)CC1. The number of carbonyl (C=O) groups excluding carboxylic acids is 2. The molecule has 0 aromatic heterocycles. The standard InChI is InChI=1S/C19H28N4O4/c1-2-26-18(24)14-22-9-7-21(8-10-22)12-17-13-23(19(25)27-17)16-5-3-15(11-20)4-6-16/h3-6,17H,2,7-14,20H2,1H3. The minimum atomic E-state index is -0.304. The number of hydrogen-bond acceptors (Lipinski definition) is 7. The molecule has 27 heavy (non-hydrogen) atoms. The number of anilines is 1. The van der Waals surface area contributed by atoms with Gasteiger partial charge in [0.05, 0.1) is 19.7 Å². The van der Waals surface area contributed by atoms with Crippen LogP contribution >= 0.6 is 0 Å². The van der Waals surface area contributed by atoms with E-state index >= 15 is 0 Å². The fourth-order valence-corrected chi connectivity index (χ4v) is 3.45. The minimum Gasteiger partial charge on any atom is -0.465 e. The Morgan fingerprint density at radius 2 is 1.85 bits per heavy atom. The highest BCUT2D eigenvalue weighted by Gasteiger charge is 2.34. The summed E-state index contributed by atoms with van der Waals surface area (Å²) in [6.07, 6.45) is -0.454. The Morgan fingerprint density at radius 1 is 1.19 bits per heavy atom. The van der Waals surface area contributed by atoms with Gasteiger partial charge >= 0.3 is 12.1 Å². The zero-order valence-electron chi connectivity index (χ0n) is 15.8. The summed E-state index contributed by atoms with van der Waals surface area (Å²) in [5.41, 5.74) is 7.48. The van der Waals surface area contributed by atoms with Gasteiger partial charge in [-0.15, -0.1) is 0 Å². The third-order valence-electron chi connectivity index (χ3n) is 4.94. The molecular weight excluding hydrogens is 348 g/mol. The number of carbonyl (C=O) groups is 2. The average molecular weight is 376 g/mol. The maximum absolute atomic E-state index is 12.2. The number of nitrogens with two attached hydrogens (primary N) is 1. The van der Waals surface area contributed by atoms with E-state index in [2.05, 4.69) is 9.80 Å². The van der Waals surface area contributed by atoms with Crippen LogP contribution in [0.5, 0.6) is 0 Å². The van der Waals surface area contributed by atoms with Crippen molar-refractivity contribution in [3.8, 4) is 0 Å². The molecule has 2 aliphatic heterocycles. The second-order valence-electron chi connectivity index (χ2n) is 6.87. The summed E-state index contributed by atoms with van der Waals surface area (Å²) in [7, 11) is 0. The zero-order chi connectivity index (χ0) is 19.2. The van der Waals surface area contributed by atoms with Crippen molar-refractivity contribution in [2.75, 3.05) is 57.3 Å². The molecule has 1 aromatic rings. The van der Waals surface area contributed by atoms with Crippen molar-refractivity contribution in [1.82, 2.24) is 9.80 Å². The number of ether oxygens (including phenoxy) is 2. The van der Waals surface area contributed by atoms with Gasteiger partial charge in [0.15, 0.2) is 0 Å². The molecule has 0 radical (unpaired) electrons. The molecule has 1 atom stereocenters. The number of esters is 1. The third kappa shape index (κ3) is 5.18. The number of cyclic esters (lactones) is 1. The zero-order valence-corrected chi connectivity index (χ0v) is 15.8. The van der Waals surface area contributed by atoms with Gasteiger partial charge in [-0.1, -0.05) is 12.1 Å². The van der Waals surface area contributed by atoms with Gasteiger partial charge in [0.25, 0.3) is 0 Å². The highest BCUT2D eigenvalue weighted by molar-refractivity contribution is 5.89. The van der Waals surface area contributed by atoms with Gasteiger partial charge < -0.3 is 15.2 Å². The minimum absolute atomic E-state index is 0.150. The average Bonchev–Trinajstić information content (AvgIpc) is 3.04. The van der Waals surface area contributed by atoms with Crippen molar-refractivity contribution in [2.45, 2.75) is 19.6 Å². The first-order valence-electron chi connectivity index (χ1n) is 9.46. The van der Waals surface area contributed by atoms with Gasteiger partial charge in [-0.05, 0) is 24.6 Å². The summed E-state index contributed by atoms with van der Waals surface area (Å²) in [5, 5.41) is 0. The van der Waals surface area contributed by atoms with Crippen molar-refractivity contribution in [1.29, 1.82) is 0 Å². The van der Waals surface area contributed by atoms with Crippen molar-refractivity contribution >= 4 is 17.7 Å². The Labute approximate surface area is 159 Å². The highest BCUT2D eigenvalue weighted by Crippen LogP contribution is 2.22. The fraction of sp³-hybridized carbons (Fsp3) is 0.579. The molecule has 8 nitrogen and oxygen atoms in total. The summed E-state index contributed by atoms with van der Waals surface area (Å²) in [6.45, 7) is 7.61. The lowest BCUT2D eigenvalue weighted by atomic mass is 10.2. The summed E-state index contributed by atoms with van der Waals surface area (Å²) >= 11 is 0. The number of benzene rings is 1. The van der Waals surface area contributed by atoms with Crippen LogP contribution in [0, 0.1) is 0 Å². The fourth-order valence-electron chi connectivity index (χ4n) is 3.45. The molecule has 1 aromatic carbocycles. The molecule has 0 spiro atoms. The van der Waals surface area contributed by atoms with Crippen LogP contribution in [0.1, 0.15) is 12.5 Å². The van der Waals surface area contributed by atoms with Crippen molar-refractivity contribution in [2.24, 2.45) is 5.73 Å². The van der Waals surface area contributed by atoms with E-state index in [0.29, 0.717) is 32.8 Å². The molecule has 2 fully saturated rings. The molecule has 148 valence electrons. The molecule has 0 bridgehead atoms. The van der Waals surface area contributed by atoms with Crippen LogP contribution in [0.2, 0.25) is 0 Å². The number of hydrogen-bond donors (Lipinski definition) is 1. The van der Waals surface area contributed by atoms with Gasteiger partial charge in [-0.25, -0.2) is 4.79 Å². The molecule has 0 saturated carbocycles. The van der Waals surface area contributed by atoms with Crippen LogP contribution in [0.4, 0.5) is 10.5 Å². The van der Waals surface area contributed by atoms with E-state index in [1.54, 1.807) is 4.90 Å². The molecule has 0 aliphatic carbocycles. The predicted octanol–water partition coefficient (Wildman–Crippen LogP) is 0.651. The van der Waals surface area contributed by atoms with E-state index < -0.39 is 0 Å². The highest BCUT2D eigenvalue weighted by atomic mass is 16.6. The van der Waals surface area contributed by atoms with E-state index in [-0.39, 0.29) is 18.2 Å². The Hall–Kier alpha value is -2.16. The lowest BCUT2D eigenvalue weighted by Crippen LogP contribution is -2.50. The summed E-state index contributed by atoms with van der Waals surface area (Å²) in [4.78, 5) is 29.8. The van der Waals surface area contributed by atoms with Crippen molar-refractivity contribution in [3.05, 3.63) is 29.8 Å². The van der Waals surface area contributed by atoms with Crippen LogP contribution < -0.4 is 10.6 Å². The van der Waals surface area contributed by atoms with E-state index in [0.717, 1.165) is 37.4 Å². The monoisotopic (exact) mass is 376 g/mol. The van der Waals surface area contributed by atoms with E-state index in [4.69, 9.17) is 15.2 Å². The molecule has 2 N–H and O–H groups in total. The first-order valence-corrected chi connectivity index (χ1v) is 9.46. The second-order valence-corrected chi connectivity index (χ2v) is 6.87. The van der Waals surface area contributed by atoms with Crippen molar-refractivity contribution < 1.29 is 19.1 Å². The van der Waals surface area contributed by atoms with E-state index in [1.807, 2.05) is 31.2 Å². The molecule has 2 saturated heterocycles. The maximum atomic E-state index is 12.2. The Balaban J connectivity index is 1.45. The molecule has 1 amide bonds. The van der Waals surface area contributed by atoms with Crippen LogP contribution in [-0.2, 0) is 20.8 Å². The summed E-state index contributed by atoms with van der Waals surface area (Å²) in [5.74, 6) is -0.174. The van der Waals surface area contributed by atoms with Gasteiger partial charge in [0, 0.05) is 45.0 Å². The first kappa shape index (κ1) is 19.6. The second kappa shape index (κ2) is 9.16. The van der Waals surface area contributed by atoms with Gasteiger partial charge in [0.2, 0.25) is 0 Å². The lowest BCUT2D eigenvalue weighted by Gasteiger charge is -2.34. The summed E-state index contributed by atoms with van der Waals surface area (Å²) < 4.78 is 10.5. The normalized spacial score (nSPS) is 21.3.